The second-order valence-electron chi connectivity index (χ2n) is 5.80. The topological polar surface area (TPSA) is 62.6 Å². The Hall–Kier alpha value is -2.99. The van der Waals surface area contributed by atoms with E-state index in [4.69, 9.17) is 4.74 Å². The van der Waals surface area contributed by atoms with E-state index in [1.54, 1.807) is 12.4 Å². The van der Waals surface area contributed by atoms with Crippen molar-refractivity contribution in [2.24, 2.45) is 5.10 Å². The lowest BCUT2D eigenvalue weighted by Crippen LogP contribution is -2.36. The van der Waals surface area contributed by atoms with Crippen LogP contribution in [-0.4, -0.2) is 42.5 Å². The molecule has 6 heteroatoms. The smallest absolute Gasteiger partial charge is 0.165 e. The van der Waals surface area contributed by atoms with Gasteiger partial charge in [-0.25, -0.2) is 4.98 Å². The van der Waals surface area contributed by atoms with E-state index in [9.17, 15) is 0 Å². The number of nitrogens with zero attached hydrogens (tertiary/aromatic N) is 4. The average Bonchev–Trinajstić information content (AvgIpc) is 2.69. The van der Waals surface area contributed by atoms with Crippen molar-refractivity contribution in [1.29, 1.82) is 0 Å². The van der Waals surface area contributed by atoms with Crippen LogP contribution in [0.15, 0.2) is 59.8 Å². The number of para-hydroxylation sites is 2. The predicted octanol–water partition coefficient (Wildman–Crippen LogP) is 2.91. The van der Waals surface area contributed by atoms with Gasteiger partial charge in [0.15, 0.2) is 5.82 Å². The SMILES string of the molecule is C(=NNc1cnc2ccccc2n1)c1ccc(N2CCOCC2)cc1. The van der Waals surface area contributed by atoms with Crippen molar-refractivity contribution in [3.8, 4) is 0 Å². The number of anilines is 2. The van der Waals surface area contributed by atoms with Gasteiger partial charge in [0.05, 0.1) is 36.7 Å². The molecule has 0 amide bonds. The summed E-state index contributed by atoms with van der Waals surface area (Å²) in [4.78, 5) is 11.2. The van der Waals surface area contributed by atoms with Crippen LogP contribution in [0, 0.1) is 0 Å². The lowest BCUT2D eigenvalue weighted by molar-refractivity contribution is 0.122. The second kappa shape index (κ2) is 7.27. The minimum atomic E-state index is 0.625. The molecule has 0 saturated carbocycles. The molecular formula is C19H19N5O. The van der Waals surface area contributed by atoms with Gasteiger partial charge in [-0.1, -0.05) is 24.3 Å². The zero-order chi connectivity index (χ0) is 16.9. The molecule has 4 rings (SSSR count). The predicted molar refractivity (Wildman–Crippen MR) is 100 cm³/mol. The van der Waals surface area contributed by atoms with Crippen LogP contribution in [0.25, 0.3) is 11.0 Å². The highest BCUT2D eigenvalue weighted by atomic mass is 16.5. The summed E-state index contributed by atoms with van der Waals surface area (Å²) in [6, 6.07) is 16.1. The summed E-state index contributed by atoms with van der Waals surface area (Å²) < 4.78 is 5.38. The largest absolute Gasteiger partial charge is 0.378 e. The van der Waals surface area contributed by atoms with Gasteiger partial charge in [0, 0.05) is 18.8 Å². The number of aromatic nitrogens is 2. The Bertz CT molecular complexity index is 872. The fourth-order valence-electron chi connectivity index (χ4n) is 2.78. The van der Waals surface area contributed by atoms with E-state index in [1.807, 2.05) is 24.3 Å². The van der Waals surface area contributed by atoms with Gasteiger partial charge in [0.1, 0.15) is 0 Å². The molecule has 2 aromatic carbocycles. The third kappa shape index (κ3) is 3.75. The van der Waals surface area contributed by atoms with Gasteiger partial charge in [-0.3, -0.25) is 10.4 Å². The third-order valence-corrected chi connectivity index (χ3v) is 4.11. The Balaban J connectivity index is 1.40. The molecule has 0 unspecified atom stereocenters. The molecule has 3 aromatic rings. The molecule has 1 fully saturated rings. The summed E-state index contributed by atoms with van der Waals surface area (Å²) in [7, 11) is 0. The molecule has 1 saturated heterocycles. The fourth-order valence-corrected chi connectivity index (χ4v) is 2.78. The maximum atomic E-state index is 5.38. The quantitative estimate of drug-likeness (QED) is 0.587. The molecule has 126 valence electrons. The molecule has 1 aliphatic rings. The van der Waals surface area contributed by atoms with Crippen molar-refractivity contribution < 1.29 is 4.74 Å². The zero-order valence-electron chi connectivity index (χ0n) is 13.8. The lowest BCUT2D eigenvalue weighted by atomic mass is 10.2. The van der Waals surface area contributed by atoms with Crippen molar-refractivity contribution in [1.82, 2.24) is 9.97 Å². The zero-order valence-corrected chi connectivity index (χ0v) is 13.8. The normalized spacial score (nSPS) is 15.0. The molecule has 1 aliphatic heterocycles. The number of benzene rings is 2. The summed E-state index contributed by atoms with van der Waals surface area (Å²) in [6.45, 7) is 3.46. The van der Waals surface area contributed by atoms with Crippen LogP contribution in [-0.2, 0) is 4.74 Å². The van der Waals surface area contributed by atoms with Gasteiger partial charge >= 0.3 is 0 Å². The van der Waals surface area contributed by atoms with Crippen molar-refractivity contribution >= 4 is 28.8 Å². The average molecular weight is 333 g/mol. The van der Waals surface area contributed by atoms with Crippen LogP contribution in [0.3, 0.4) is 0 Å². The van der Waals surface area contributed by atoms with Gasteiger partial charge in [-0.2, -0.15) is 5.10 Å². The van der Waals surface area contributed by atoms with Crippen LogP contribution >= 0.6 is 0 Å². The van der Waals surface area contributed by atoms with E-state index >= 15 is 0 Å². The number of fused-ring (bicyclic) bond motifs is 1. The molecule has 1 aromatic heterocycles. The minimum Gasteiger partial charge on any atom is -0.378 e. The summed E-state index contributed by atoms with van der Waals surface area (Å²) >= 11 is 0. The third-order valence-electron chi connectivity index (χ3n) is 4.11. The lowest BCUT2D eigenvalue weighted by Gasteiger charge is -2.28. The van der Waals surface area contributed by atoms with Gasteiger partial charge in [-0.05, 0) is 29.8 Å². The van der Waals surface area contributed by atoms with E-state index in [2.05, 4.69) is 49.7 Å². The Morgan fingerprint density at radius 3 is 2.56 bits per heavy atom. The van der Waals surface area contributed by atoms with E-state index in [-0.39, 0.29) is 0 Å². The first-order chi connectivity index (χ1) is 12.4. The minimum absolute atomic E-state index is 0.625. The Morgan fingerprint density at radius 2 is 1.76 bits per heavy atom. The van der Waals surface area contributed by atoms with Crippen LogP contribution < -0.4 is 10.3 Å². The number of nitrogens with one attached hydrogen (secondary N) is 1. The van der Waals surface area contributed by atoms with E-state index in [0.717, 1.165) is 42.9 Å². The van der Waals surface area contributed by atoms with Gasteiger partial charge in [-0.15, -0.1) is 0 Å². The fraction of sp³-hybridized carbons (Fsp3) is 0.211. The van der Waals surface area contributed by atoms with E-state index < -0.39 is 0 Å². The van der Waals surface area contributed by atoms with Crippen LogP contribution in [0.1, 0.15) is 5.56 Å². The maximum Gasteiger partial charge on any atom is 0.165 e. The number of hydrazone groups is 1. The van der Waals surface area contributed by atoms with Crippen molar-refractivity contribution in [3.63, 3.8) is 0 Å². The van der Waals surface area contributed by atoms with Crippen LogP contribution in [0.5, 0.6) is 0 Å². The van der Waals surface area contributed by atoms with Crippen molar-refractivity contribution in [2.45, 2.75) is 0 Å². The first-order valence-corrected chi connectivity index (χ1v) is 8.32. The number of morpholine rings is 1. The standard InChI is InChI=1S/C19H19N5O/c1-2-4-18-17(3-1)20-14-19(22-18)23-21-13-15-5-7-16(8-6-15)24-9-11-25-12-10-24/h1-8,13-14H,9-12H2,(H,22,23). The van der Waals surface area contributed by atoms with Crippen molar-refractivity contribution in [3.05, 3.63) is 60.3 Å². The van der Waals surface area contributed by atoms with Gasteiger partial charge < -0.3 is 9.64 Å². The molecular weight excluding hydrogens is 314 g/mol. The highest BCUT2D eigenvalue weighted by Crippen LogP contribution is 2.16. The number of hydrogen-bond donors (Lipinski definition) is 1. The highest BCUT2D eigenvalue weighted by Gasteiger charge is 2.10. The van der Waals surface area contributed by atoms with E-state index in [1.165, 1.54) is 5.69 Å². The Labute approximate surface area is 146 Å². The molecule has 0 bridgehead atoms. The molecule has 0 spiro atoms. The first-order valence-electron chi connectivity index (χ1n) is 8.32. The van der Waals surface area contributed by atoms with Crippen molar-refractivity contribution in [2.75, 3.05) is 36.6 Å². The number of rotatable bonds is 4. The Kier molecular flexibility index (Phi) is 4.52. The summed E-state index contributed by atoms with van der Waals surface area (Å²) in [6.07, 6.45) is 3.46. The highest BCUT2D eigenvalue weighted by molar-refractivity contribution is 5.81. The first kappa shape index (κ1) is 15.5. The van der Waals surface area contributed by atoms with E-state index in [0.29, 0.717) is 5.82 Å². The van der Waals surface area contributed by atoms with Crippen LogP contribution in [0.4, 0.5) is 11.5 Å². The van der Waals surface area contributed by atoms with Crippen LogP contribution in [0.2, 0.25) is 0 Å². The molecule has 6 nitrogen and oxygen atoms in total. The number of ether oxygens (including phenoxy) is 1. The summed E-state index contributed by atoms with van der Waals surface area (Å²) in [5.74, 6) is 0.625. The second-order valence-corrected chi connectivity index (χ2v) is 5.80. The monoisotopic (exact) mass is 333 g/mol. The number of hydrogen-bond acceptors (Lipinski definition) is 6. The van der Waals surface area contributed by atoms with Gasteiger partial charge in [0.2, 0.25) is 0 Å². The molecule has 2 heterocycles. The molecule has 0 aliphatic carbocycles. The maximum absolute atomic E-state index is 5.38. The molecule has 1 N–H and O–H groups in total. The summed E-state index contributed by atoms with van der Waals surface area (Å²) in [5, 5.41) is 4.25. The summed E-state index contributed by atoms with van der Waals surface area (Å²) in [5.41, 5.74) is 6.89. The molecule has 0 radical (unpaired) electrons. The molecule has 0 atom stereocenters. The Morgan fingerprint density at radius 1 is 1.00 bits per heavy atom. The molecule has 25 heavy (non-hydrogen) atoms. The van der Waals surface area contributed by atoms with Gasteiger partial charge in [0.25, 0.3) is 0 Å².